The van der Waals surface area contributed by atoms with Gasteiger partial charge in [-0.15, -0.1) is 0 Å². The molecule has 0 saturated heterocycles. The molecule has 0 amide bonds. The molecule has 2 saturated carbocycles. The Labute approximate surface area is 529 Å². The lowest BCUT2D eigenvalue weighted by Gasteiger charge is -2.51. The molecule has 2 aliphatic carbocycles. The summed E-state index contributed by atoms with van der Waals surface area (Å²) in [6.07, 6.45) is 8.28. The minimum Gasteiger partial charge on any atom is -0.334 e. The fraction of sp³-hybridized carbons (Fsp3) is 0.422. The van der Waals surface area contributed by atoms with Crippen LogP contribution in [0.4, 0.5) is 56.9 Å². The van der Waals surface area contributed by atoms with Crippen LogP contribution >= 0.6 is 0 Å². The molecule has 8 aromatic carbocycles. The van der Waals surface area contributed by atoms with Gasteiger partial charge in [-0.2, -0.15) is 0 Å². The summed E-state index contributed by atoms with van der Waals surface area (Å²) in [5.41, 5.74) is 28.6. The molecule has 0 spiro atoms. The molecule has 5 heteroatoms. The molecule has 4 heterocycles. The first kappa shape index (κ1) is 58.7. The lowest BCUT2D eigenvalue weighted by atomic mass is 9.33. The summed E-state index contributed by atoms with van der Waals surface area (Å²) < 4.78 is 0. The fourth-order valence-electron chi connectivity index (χ4n) is 17.5. The van der Waals surface area contributed by atoms with E-state index < -0.39 is 0 Å². The molecule has 0 radical (unpaired) electrons. The van der Waals surface area contributed by atoms with Crippen molar-refractivity contribution in [1.82, 2.24) is 0 Å². The number of hydrogen-bond donors (Lipinski definition) is 0. The molecule has 0 N–H and O–H groups in total. The summed E-state index contributed by atoms with van der Waals surface area (Å²) in [5.74, 6) is 0. The number of benzene rings is 8. The summed E-state index contributed by atoms with van der Waals surface area (Å²) in [4.78, 5) is 11.1. The predicted molar refractivity (Wildman–Crippen MR) is 380 cm³/mol. The second kappa shape index (κ2) is 19.3. The van der Waals surface area contributed by atoms with Gasteiger partial charge in [0.25, 0.3) is 6.71 Å². The molecule has 0 bridgehead atoms. The third-order valence-corrected chi connectivity index (χ3v) is 23.3. The van der Waals surface area contributed by atoms with Crippen LogP contribution in [-0.4, -0.2) is 17.8 Å². The van der Waals surface area contributed by atoms with Crippen LogP contribution in [0.15, 0.2) is 158 Å². The number of anilines is 10. The third-order valence-electron chi connectivity index (χ3n) is 23.3. The predicted octanol–water partition coefficient (Wildman–Crippen LogP) is 21.0. The Bertz CT molecular complexity index is 4140. The molecule has 14 rings (SSSR count). The minimum absolute atomic E-state index is 0.00580. The SMILES string of the molecule is CC(C)(C)c1ccc(N2c3ccc(N4c5ccc(C(C)(C)C)cc5C5(C)CCCCC45C)cc3B3c4cc(C(C)(C)C)ccc4N(c4ccc(C(C)(C)C)cc4-c4ccccc4)c4cc(N5c6ccc(C(C)(C)C)cc6C6(C)CCCC56C)cc2c43)cc1. The van der Waals surface area contributed by atoms with Crippen LogP contribution < -0.4 is 36.0 Å². The molecule has 452 valence electrons. The summed E-state index contributed by atoms with van der Waals surface area (Å²) in [5, 5.41) is 0. The highest BCUT2D eigenvalue weighted by Gasteiger charge is 2.61. The maximum absolute atomic E-state index is 2.84. The monoisotopic (exact) mass is 1160 g/mol. The average molecular weight is 1160 g/mol. The summed E-state index contributed by atoms with van der Waals surface area (Å²) >= 11 is 0. The molecule has 88 heavy (non-hydrogen) atoms. The Morgan fingerprint density at radius 2 is 0.739 bits per heavy atom. The fourth-order valence-corrected chi connectivity index (χ4v) is 17.5. The van der Waals surface area contributed by atoms with Gasteiger partial charge < -0.3 is 19.6 Å². The van der Waals surface area contributed by atoms with Crippen LogP contribution in [0.1, 0.15) is 215 Å². The van der Waals surface area contributed by atoms with Gasteiger partial charge in [0.2, 0.25) is 0 Å². The van der Waals surface area contributed by atoms with E-state index in [0.717, 1.165) is 19.3 Å². The lowest BCUT2D eigenvalue weighted by molar-refractivity contribution is 0.195. The molecule has 4 nitrogen and oxygen atoms in total. The summed E-state index contributed by atoms with van der Waals surface area (Å²) in [6, 6.07) is 64.0. The van der Waals surface area contributed by atoms with E-state index in [0.29, 0.717) is 0 Å². The van der Waals surface area contributed by atoms with Crippen LogP contribution in [0.3, 0.4) is 0 Å². The van der Waals surface area contributed by atoms with Crippen molar-refractivity contribution in [2.24, 2.45) is 0 Å². The van der Waals surface area contributed by atoms with Crippen LogP contribution in [0.25, 0.3) is 11.1 Å². The highest BCUT2D eigenvalue weighted by molar-refractivity contribution is 7.00. The van der Waals surface area contributed by atoms with Gasteiger partial charge in [-0.1, -0.05) is 222 Å². The van der Waals surface area contributed by atoms with Crippen molar-refractivity contribution in [2.45, 2.75) is 225 Å². The van der Waals surface area contributed by atoms with E-state index in [1.54, 1.807) is 0 Å². The van der Waals surface area contributed by atoms with Crippen LogP contribution in [0.2, 0.25) is 0 Å². The number of fused-ring (bicyclic) bond motifs is 10. The molecule has 4 atom stereocenters. The van der Waals surface area contributed by atoms with Crippen molar-refractivity contribution < 1.29 is 0 Å². The zero-order valence-corrected chi connectivity index (χ0v) is 56.8. The Hall–Kier alpha value is -6.98. The number of nitrogens with zero attached hydrogens (tertiary/aromatic N) is 4. The average Bonchev–Trinajstić information content (AvgIpc) is 1.24. The quantitative estimate of drug-likeness (QED) is 0.159. The highest BCUT2D eigenvalue weighted by atomic mass is 15.3. The van der Waals surface area contributed by atoms with Crippen molar-refractivity contribution in [2.75, 3.05) is 19.6 Å². The van der Waals surface area contributed by atoms with Crippen molar-refractivity contribution in [3.8, 4) is 11.1 Å². The molecule has 2 fully saturated rings. The van der Waals surface area contributed by atoms with E-state index in [9.17, 15) is 0 Å². The van der Waals surface area contributed by atoms with E-state index in [2.05, 4.69) is 309 Å². The molecular weight excluding hydrogens is 1060 g/mol. The van der Waals surface area contributed by atoms with Gasteiger partial charge in [0.05, 0.1) is 16.8 Å². The second-order valence-corrected chi connectivity index (χ2v) is 33.8. The van der Waals surface area contributed by atoms with E-state index >= 15 is 0 Å². The van der Waals surface area contributed by atoms with Gasteiger partial charge in [0.1, 0.15) is 0 Å². The minimum atomic E-state index is -0.168. The normalized spacial score (nSPS) is 22.9. The molecular formula is C83H97BN4. The zero-order valence-electron chi connectivity index (χ0n) is 56.8. The maximum Gasteiger partial charge on any atom is 0.252 e. The van der Waals surface area contributed by atoms with Gasteiger partial charge >= 0.3 is 0 Å². The van der Waals surface area contributed by atoms with Crippen LogP contribution in [0.5, 0.6) is 0 Å². The lowest BCUT2D eigenvalue weighted by Crippen LogP contribution is -2.62. The first-order valence-corrected chi connectivity index (χ1v) is 33.5. The molecule has 0 aromatic heterocycles. The maximum atomic E-state index is 2.84. The van der Waals surface area contributed by atoms with E-state index in [1.165, 1.54) is 149 Å². The standard InChI is InChI=1S/C83H97BN4/c1-75(2,3)54-28-34-59(35-29-54)85-70-41-36-60(87-68-38-31-56(77(7,8)9)47-63(68)80(16)42-23-24-44-82(80,87)18)50-66(70)84-65-49-58(79(13,14)15)33-40-71(65)86(67-37-30-55(76(4,5)6)46-62(67)53-26-21-20-22-27-53)73-52-61(51-72(85)74(73)84)88-69-39-32-57(78(10,11)12)48-64(69)81(17)43-25-45-83(81,88)19/h20-22,26-41,46-52H,23-25,42-45H2,1-19H3. The largest absolute Gasteiger partial charge is 0.334 e. The highest BCUT2D eigenvalue weighted by Crippen LogP contribution is 2.65. The first-order valence-electron chi connectivity index (χ1n) is 33.5. The first-order chi connectivity index (χ1) is 41.3. The second-order valence-electron chi connectivity index (χ2n) is 33.8. The Kier molecular flexibility index (Phi) is 12.9. The van der Waals surface area contributed by atoms with Crippen LogP contribution in [-0.2, 0) is 37.9 Å². The molecule has 4 unspecified atom stereocenters. The van der Waals surface area contributed by atoms with Gasteiger partial charge in [0.15, 0.2) is 0 Å². The molecule has 8 aromatic rings. The van der Waals surface area contributed by atoms with Gasteiger partial charge in [-0.05, 0) is 200 Å². The van der Waals surface area contributed by atoms with Gasteiger partial charge in [-0.3, -0.25) is 0 Å². The Morgan fingerprint density at radius 1 is 0.330 bits per heavy atom. The Balaban J connectivity index is 1.11. The van der Waals surface area contributed by atoms with Gasteiger partial charge in [-0.25, -0.2) is 0 Å². The number of hydrogen-bond acceptors (Lipinski definition) is 4. The van der Waals surface area contributed by atoms with E-state index in [-0.39, 0.29) is 55.7 Å². The van der Waals surface area contributed by atoms with Crippen molar-refractivity contribution in [3.63, 3.8) is 0 Å². The van der Waals surface area contributed by atoms with Gasteiger partial charge in [0, 0.05) is 67.6 Å². The van der Waals surface area contributed by atoms with E-state index in [1.807, 2.05) is 0 Å². The van der Waals surface area contributed by atoms with Crippen molar-refractivity contribution in [1.29, 1.82) is 0 Å². The zero-order chi connectivity index (χ0) is 62.4. The third kappa shape index (κ3) is 8.56. The van der Waals surface area contributed by atoms with Crippen molar-refractivity contribution >= 4 is 80.0 Å². The summed E-state index contributed by atoms with van der Waals surface area (Å²) in [6.45, 7) is 45.8. The van der Waals surface area contributed by atoms with Crippen molar-refractivity contribution in [3.05, 3.63) is 197 Å². The topological polar surface area (TPSA) is 13.0 Å². The van der Waals surface area contributed by atoms with Crippen LogP contribution in [0, 0.1) is 0 Å². The number of rotatable bonds is 5. The molecule has 6 aliphatic rings. The Morgan fingerprint density at radius 3 is 1.30 bits per heavy atom. The summed E-state index contributed by atoms with van der Waals surface area (Å²) in [7, 11) is 0. The molecule has 4 aliphatic heterocycles. The smallest absolute Gasteiger partial charge is 0.252 e. The van der Waals surface area contributed by atoms with E-state index in [4.69, 9.17) is 0 Å².